The highest BCUT2D eigenvalue weighted by Gasteiger charge is 1.97. The molecule has 0 atom stereocenters. The van der Waals surface area contributed by atoms with Gasteiger partial charge in [0.2, 0.25) is 5.91 Å². The van der Waals surface area contributed by atoms with Gasteiger partial charge in [-0.1, -0.05) is 30.3 Å². The highest BCUT2D eigenvalue weighted by Crippen LogP contribution is 2.00. The van der Waals surface area contributed by atoms with E-state index in [0.717, 1.165) is 19.4 Å². The van der Waals surface area contributed by atoms with E-state index >= 15 is 0 Å². The molecule has 16 heavy (non-hydrogen) atoms. The van der Waals surface area contributed by atoms with E-state index in [-0.39, 0.29) is 5.91 Å². The molecular weight excluding hydrogens is 202 g/mol. The molecular formula is C13H19NO2. The maximum absolute atomic E-state index is 10.9. The highest BCUT2D eigenvalue weighted by atomic mass is 16.5. The molecule has 88 valence electrons. The second-order valence-corrected chi connectivity index (χ2v) is 3.62. The van der Waals surface area contributed by atoms with Crippen molar-refractivity contribution in [3.8, 4) is 0 Å². The van der Waals surface area contributed by atoms with E-state index in [4.69, 9.17) is 4.74 Å². The molecule has 0 spiro atoms. The van der Waals surface area contributed by atoms with Crippen molar-refractivity contribution in [1.29, 1.82) is 0 Å². The van der Waals surface area contributed by atoms with Crippen LogP contribution < -0.4 is 5.32 Å². The summed E-state index contributed by atoms with van der Waals surface area (Å²) in [6.07, 6.45) is 2.26. The molecule has 0 fully saturated rings. The van der Waals surface area contributed by atoms with Gasteiger partial charge in [-0.05, 0) is 18.4 Å². The second kappa shape index (κ2) is 7.88. The van der Waals surface area contributed by atoms with Gasteiger partial charge in [0, 0.05) is 20.1 Å². The van der Waals surface area contributed by atoms with Crippen LogP contribution in [0.15, 0.2) is 30.3 Å². The van der Waals surface area contributed by atoms with Gasteiger partial charge in [0.25, 0.3) is 0 Å². The third kappa shape index (κ3) is 5.51. The molecule has 1 N–H and O–H groups in total. The summed E-state index contributed by atoms with van der Waals surface area (Å²) in [6, 6.07) is 10.2. The number of rotatable bonds is 7. The molecule has 0 saturated heterocycles. The number of carbonyl (C=O) groups excluding carboxylic acids is 1. The first-order chi connectivity index (χ1) is 7.83. The minimum absolute atomic E-state index is 0.0756. The first-order valence-corrected chi connectivity index (χ1v) is 5.65. The Hall–Kier alpha value is -1.35. The lowest BCUT2D eigenvalue weighted by Gasteiger charge is -2.04. The van der Waals surface area contributed by atoms with E-state index in [1.54, 1.807) is 7.05 Å². The zero-order valence-corrected chi connectivity index (χ0v) is 9.74. The third-order valence-electron chi connectivity index (χ3n) is 2.35. The number of carbonyl (C=O) groups is 1. The lowest BCUT2D eigenvalue weighted by atomic mass is 10.2. The van der Waals surface area contributed by atoms with E-state index < -0.39 is 0 Å². The van der Waals surface area contributed by atoms with Crippen LogP contribution in [-0.4, -0.2) is 26.2 Å². The molecule has 1 aromatic carbocycles. The summed E-state index contributed by atoms with van der Waals surface area (Å²) < 4.78 is 5.45. The van der Waals surface area contributed by atoms with E-state index in [2.05, 4.69) is 17.4 Å². The van der Waals surface area contributed by atoms with Crippen molar-refractivity contribution in [2.45, 2.75) is 19.3 Å². The van der Waals surface area contributed by atoms with Gasteiger partial charge < -0.3 is 10.1 Å². The number of ether oxygens (including phenoxy) is 1. The number of amides is 1. The van der Waals surface area contributed by atoms with Gasteiger partial charge >= 0.3 is 0 Å². The van der Waals surface area contributed by atoms with Crippen LogP contribution in [0.5, 0.6) is 0 Å². The molecule has 0 aliphatic rings. The fraction of sp³-hybridized carbons (Fsp3) is 0.462. The second-order valence-electron chi connectivity index (χ2n) is 3.62. The van der Waals surface area contributed by atoms with Crippen molar-refractivity contribution < 1.29 is 9.53 Å². The smallest absolute Gasteiger partial charge is 0.219 e. The lowest BCUT2D eigenvalue weighted by molar-refractivity contribution is -0.120. The first-order valence-electron chi connectivity index (χ1n) is 5.65. The maximum atomic E-state index is 10.9. The van der Waals surface area contributed by atoms with Crippen LogP contribution >= 0.6 is 0 Å². The van der Waals surface area contributed by atoms with Crippen LogP contribution in [0.25, 0.3) is 0 Å². The normalized spacial score (nSPS) is 10.1. The van der Waals surface area contributed by atoms with E-state index in [1.807, 2.05) is 18.2 Å². The van der Waals surface area contributed by atoms with Gasteiger partial charge in [-0.25, -0.2) is 0 Å². The van der Waals surface area contributed by atoms with Crippen LogP contribution in [-0.2, 0) is 16.0 Å². The summed E-state index contributed by atoms with van der Waals surface area (Å²) in [7, 11) is 1.65. The quantitative estimate of drug-likeness (QED) is 0.713. The molecule has 0 radical (unpaired) electrons. The molecule has 0 unspecified atom stereocenters. The van der Waals surface area contributed by atoms with Crippen molar-refractivity contribution in [3.63, 3.8) is 0 Å². The Kier molecular flexibility index (Phi) is 6.26. The van der Waals surface area contributed by atoms with Crippen molar-refractivity contribution in [1.82, 2.24) is 5.32 Å². The summed E-state index contributed by atoms with van der Waals surface area (Å²) in [6.45, 7) is 1.37. The molecule has 3 nitrogen and oxygen atoms in total. The molecule has 0 aliphatic carbocycles. The van der Waals surface area contributed by atoms with Crippen molar-refractivity contribution in [2.24, 2.45) is 0 Å². The minimum atomic E-state index is 0.0756. The molecule has 0 saturated carbocycles. The Bertz CT molecular complexity index is 298. The van der Waals surface area contributed by atoms with Gasteiger partial charge in [-0.3, -0.25) is 4.79 Å². The molecule has 0 heterocycles. The Morgan fingerprint density at radius 1 is 1.25 bits per heavy atom. The molecule has 0 aliphatic heterocycles. The number of hydrogen-bond donors (Lipinski definition) is 1. The Morgan fingerprint density at radius 2 is 2.00 bits per heavy atom. The van der Waals surface area contributed by atoms with Gasteiger partial charge in [0.05, 0.1) is 6.61 Å². The van der Waals surface area contributed by atoms with Crippen molar-refractivity contribution in [3.05, 3.63) is 35.9 Å². The average molecular weight is 221 g/mol. The molecule has 1 rings (SSSR count). The summed E-state index contributed by atoms with van der Waals surface area (Å²) in [5.41, 5.74) is 1.29. The lowest BCUT2D eigenvalue weighted by Crippen LogP contribution is -2.17. The predicted molar refractivity (Wildman–Crippen MR) is 64.3 cm³/mol. The van der Waals surface area contributed by atoms with E-state index in [0.29, 0.717) is 13.0 Å². The minimum Gasteiger partial charge on any atom is -0.381 e. The average Bonchev–Trinajstić information content (AvgIpc) is 2.34. The molecule has 3 heteroatoms. The number of benzene rings is 1. The largest absolute Gasteiger partial charge is 0.381 e. The van der Waals surface area contributed by atoms with Crippen LogP contribution in [0.3, 0.4) is 0 Å². The summed E-state index contributed by atoms with van der Waals surface area (Å²) in [5.74, 6) is 0.0756. The standard InChI is InChI=1S/C13H19NO2/c1-14-13(15)8-5-10-16-11-9-12-6-3-2-4-7-12/h2-4,6-7H,5,8-11H2,1H3,(H,14,15). The predicted octanol–water partition coefficient (Wildman–Crippen LogP) is 1.77. The molecule has 1 aromatic rings. The van der Waals surface area contributed by atoms with Gasteiger partial charge in [0.1, 0.15) is 0 Å². The zero-order valence-electron chi connectivity index (χ0n) is 9.74. The van der Waals surface area contributed by atoms with Gasteiger partial charge in [-0.2, -0.15) is 0 Å². The fourth-order valence-corrected chi connectivity index (χ4v) is 1.40. The molecule has 0 bridgehead atoms. The summed E-state index contributed by atoms with van der Waals surface area (Å²) in [5, 5.41) is 2.59. The summed E-state index contributed by atoms with van der Waals surface area (Å²) >= 11 is 0. The Balaban J connectivity index is 1.98. The Morgan fingerprint density at radius 3 is 2.69 bits per heavy atom. The van der Waals surface area contributed by atoms with Crippen molar-refractivity contribution in [2.75, 3.05) is 20.3 Å². The van der Waals surface area contributed by atoms with E-state index in [9.17, 15) is 4.79 Å². The third-order valence-corrected chi connectivity index (χ3v) is 2.35. The fourth-order valence-electron chi connectivity index (χ4n) is 1.40. The van der Waals surface area contributed by atoms with Gasteiger partial charge in [0.15, 0.2) is 0 Å². The highest BCUT2D eigenvalue weighted by molar-refractivity contribution is 5.75. The first kappa shape index (κ1) is 12.7. The van der Waals surface area contributed by atoms with Crippen molar-refractivity contribution >= 4 is 5.91 Å². The summed E-state index contributed by atoms with van der Waals surface area (Å²) in [4.78, 5) is 10.9. The topological polar surface area (TPSA) is 38.3 Å². The van der Waals surface area contributed by atoms with Crippen LogP contribution in [0.4, 0.5) is 0 Å². The van der Waals surface area contributed by atoms with Crippen LogP contribution in [0.1, 0.15) is 18.4 Å². The Labute approximate surface area is 96.8 Å². The van der Waals surface area contributed by atoms with Crippen LogP contribution in [0, 0.1) is 0 Å². The molecule has 0 aromatic heterocycles. The van der Waals surface area contributed by atoms with Gasteiger partial charge in [-0.15, -0.1) is 0 Å². The number of nitrogens with one attached hydrogen (secondary N) is 1. The molecule has 1 amide bonds. The SMILES string of the molecule is CNC(=O)CCCOCCc1ccccc1. The monoisotopic (exact) mass is 221 g/mol. The maximum Gasteiger partial charge on any atom is 0.219 e. The number of hydrogen-bond acceptors (Lipinski definition) is 2. The van der Waals surface area contributed by atoms with E-state index in [1.165, 1.54) is 5.56 Å². The van der Waals surface area contributed by atoms with Crippen LogP contribution in [0.2, 0.25) is 0 Å². The zero-order chi connectivity index (χ0) is 11.6.